The van der Waals surface area contributed by atoms with Crippen molar-refractivity contribution < 1.29 is 4.79 Å². The lowest BCUT2D eigenvalue weighted by Gasteiger charge is -2.14. The number of thiazole rings is 1. The molecule has 1 aromatic heterocycles. The standard InChI is InChI=1S/C19H24N2OS/c1-13(2)15-10-8-14(9-11-15)12-18(22)21(3)19-20-16-6-4-5-7-17(16)23-19/h8-11,13H,4-7,12H2,1-3H3. The average molecular weight is 328 g/mol. The summed E-state index contributed by atoms with van der Waals surface area (Å²) in [6, 6.07) is 8.37. The lowest BCUT2D eigenvalue weighted by atomic mass is 10.0. The predicted octanol–water partition coefficient (Wildman–Crippen LogP) is 4.35. The van der Waals surface area contributed by atoms with Crippen LogP contribution in [-0.2, 0) is 24.1 Å². The summed E-state index contributed by atoms with van der Waals surface area (Å²) in [6.07, 6.45) is 5.07. The highest BCUT2D eigenvalue weighted by Gasteiger charge is 2.20. The Hall–Kier alpha value is -1.68. The van der Waals surface area contributed by atoms with Gasteiger partial charge in [0, 0.05) is 11.9 Å². The Labute approximate surface area is 142 Å². The highest BCUT2D eigenvalue weighted by molar-refractivity contribution is 7.15. The van der Waals surface area contributed by atoms with Gasteiger partial charge >= 0.3 is 0 Å². The molecular weight excluding hydrogens is 304 g/mol. The van der Waals surface area contributed by atoms with E-state index in [0.717, 1.165) is 23.5 Å². The summed E-state index contributed by atoms with van der Waals surface area (Å²) in [5.74, 6) is 0.623. The molecule has 2 aromatic rings. The molecule has 0 N–H and O–H groups in total. The lowest BCUT2D eigenvalue weighted by molar-refractivity contribution is -0.117. The highest BCUT2D eigenvalue weighted by atomic mass is 32.1. The molecule has 0 unspecified atom stereocenters. The van der Waals surface area contributed by atoms with E-state index in [1.54, 1.807) is 16.2 Å². The fourth-order valence-electron chi connectivity index (χ4n) is 2.90. The van der Waals surface area contributed by atoms with E-state index < -0.39 is 0 Å². The third kappa shape index (κ3) is 3.63. The van der Waals surface area contributed by atoms with Gasteiger partial charge in [-0.2, -0.15) is 0 Å². The summed E-state index contributed by atoms with van der Waals surface area (Å²) in [5, 5.41) is 0.848. The van der Waals surface area contributed by atoms with Crippen LogP contribution in [0.4, 0.5) is 5.13 Å². The number of fused-ring (bicyclic) bond motifs is 1. The number of anilines is 1. The number of aromatic nitrogens is 1. The molecule has 1 aliphatic carbocycles. The molecule has 1 aliphatic rings. The first-order chi connectivity index (χ1) is 11.0. The van der Waals surface area contributed by atoms with Gasteiger partial charge in [0.1, 0.15) is 0 Å². The Morgan fingerprint density at radius 3 is 2.57 bits per heavy atom. The number of hydrogen-bond acceptors (Lipinski definition) is 3. The van der Waals surface area contributed by atoms with Crippen LogP contribution < -0.4 is 4.90 Å². The van der Waals surface area contributed by atoms with Gasteiger partial charge in [-0.25, -0.2) is 4.98 Å². The molecular formula is C19H24N2OS. The molecule has 3 nitrogen and oxygen atoms in total. The quantitative estimate of drug-likeness (QED) is 0.836. The van der Waals surface area contributed by atoms with Gasteiger partial charge in [-0.15, -0.1) is 11.3 Å². The van der Waals surface area contributed by atoms with Crippen molar-refractivity contribution in [1.29, 1.82) is 0 Å². The first-order valence-electron chi connectivity index (χ1n) is 8.38. The molecule has 1 heterocycles. The second kappa shape index (κ2) is 6.83. The molecule has 1 amide bonds. The van der Waals surface area contributed by atoms with Crippen LogP contribution in [0.3, 0.4) is 0 Å². The zero-order chi connectivity index (χ0) is 16.4. The minimum atomic E-state index is 0.105. The molecule has 122 valence electrons. The van der Waals surface area contributed by atoms with E-state index in [4.69, 9.17) is 0 Å². The third-order valence-corrected chi connectivity index (χ3v) is 5.73. The molecule has 3 rings (SSSR count). The van der Waals surface area contributed by atoms with E-state index in [0.29, 0.717) is 12.3 Å². The normalized spacial score (nSPS) is 13.9. The molecule has 1 aromatic carbocycles. The predicted molar refractivity (Wildman–Crippen MR) is 96.4 cm³/mol. The van der Waals surface area contributed by atoms with Gasteiger partial charge in [-0.1, -0.05) is 38.1 Å². The Morgan fingerprint density at radius 1 is 1.22 bits per heavy atom. The van der Waals surface area contributed by atoms with Crippen molar-refractivity contribution in [2.45, 2.75) is 51.9 Å². The van der Waals surface area contributed by atoms with Crippen LogP contribution in [0.25, 0.3) is 0 Å². The summed E-state index contributed by atoms with van der Waals surface area (Å²) in [7, 11) is 1.84. The van der Waals surface area contributed by atoms with E-state index in [-0.39, 0.29) is 5.91 Å². The number of likely N-dealkylation sites (N-methyl/N-ethyl adjacent to an activating group) is 1. The summed E-state index contributed by atoms with van der Waals surface area (Å²) in [4.78, 5) is 20.3. The zero-order valence-corrected chi connectivity index (χ0v) is 14.9. The van der Waals surface area contributed by atoms with Gasteiger partial charge in [-0.05, 0) is 42.7 Å². The molecule has 0 fully saturated rings. The number of rotatable bonds is 4. The number of aryl methyl sites for hydroxylation is 2. The molecule has 0 aliphatic heterocycles. The number of amides is 1. The summed E-state index contributed by atoms with van der Waals surface area (Å²) in [6.45, 7) is 4.36. The molecule has 0 bridgehead atoms. The van der Waals surface area contributed by atoms with Gasteiger partial charge < -0.3 is 0 Å². The number of carbonyl (C=O) groups is 1. The van der Waals surface area contributed by atoms with Crippen molar-refractivity contribution >= 4 is 22.4 Å². The minimum absolute atomic E-state index is 0.105. The molecule has 0 radical (unpaired) electrons. The number of hydrogen-bond donors (Lipinski definition) is 0. The lowest BCUT2D eigenvalue weighted by Crippen LogP contribution is -2.27. The van der Waals surface area contributed by atoms with Gasteiger partial charge in [0.15, 0.2) is 5.13 Å². The van der Waals surface area contributed by atoms with Gasteiger partial charge in [0.25, 0.3) is 0 Å². The fraction of sp³-hybridized carbons (Fsp3) is 0.474. The minimum Gasteiger partial charge on any atom is -0.291 e. The third-order valence-electron chi connectivity index (χ3n) is 4.50. The maximum Gasteiger partial charge on any atom is 0.232 e. The second-order valence-electron chi connectivity index (χ2n) is 6.60. The van der Waals surface area contributed by atoms with Crippen LogP contribution in [-0.4, -0.2) is 17.9 Å². The van der Waals surface area contributed by atoms with Crippen molar-refractivity contribution in [2.24, 2.45) is 0 Å². The van der Waals surface area contributed by atoms with E-state index in [2.05, 4.69) is 43.1 Å². The molecule has 4 heteroatoms. The molecule has 0 saturated carbocycles. The smallest absolute Gasteiger partial charge is 0.232 e. The molecule has 0 atom stereocenters. The van der Waals surface area contributed by atoms with E-state index in [1.165, 1.54) is 29.0 Å². The maximum atomic E-state index is 12.5. The van der Waals surface area contributed by atoms with E-state index in [9.17, 15) is 4.79 Å². The van der Waals surface area contributed by atoms with Crippen LogP contribution in [0, 0.1) is 0 Å². The van der Waals surface area contributed by atoms with Crippen molar-refractivity contribution in [2.75, 3.05) is 11.9 Å². The van der Waals surface area contributed by atoms with Crippen LogP contribution in [0.2, 0.25) is 0 Å². The topological polar surface area (TPSA) is 33.2 Å². The highest BCUT2D eigenvalue weighted by Crippen LogP contribution is 2.31. The first-order valence-corrected chi connectivity index (χ1v) is 9.20. The molecule has 23 heavy (non-hydrogen) atoms. The van der Waals surface area contributed by atoms with Crippen LogP contribution >= 0.6 is 11.3 Å². The van der Waals surface area contributed by atoms with Gasteiger partial charge in [0.05, 0.1) is 12.1 Å². The van der Waals surface area contributed by atoms with Gasteiger partial charge in [-0.3, -0.25) is 9.69 Å². The monoisotopic (exact) mass is 328 g/mol. The van der Waals surface area contributed by atoms with Gasteiger partial charge in [0.2, 0.25) is 5.91 Å². The average Bonchev–Trinajstić information content (AvgIpc) is 2.98. The Kier molecular flexibility index (Phi) is 4.81. The summed E-state index contributed by atoms with van der Waals surface area (Å²) in [5.41, 5.74) is 3.58. The maximum absolute atomic E-state index is 12.5. The molecule has 0 spiro atoms. The van der Waals surface area contributed by atoms with Crippen molar-refractivity contribution in [3.05, 3.63) is 46.0 Å². The van der Waals surface area contributed by atoms with Crippen LogP contribution in [0.1, 0.15) is 54.3 Å². The Morgan fingerprint density at radius 2 is 1.91 bits per heavy atom. The first kappa shape index (κ1) is 16.2. The largest absolute Gasteiger partial charge is 0.291 e. The summed E-state index contributed by atoms with van der Waals surface area (Å²) >= 11 is 1.68. The van der Waals surface area contributed by atoms with E-state index in [1.807, 2.05) is 7.05 Å². The van der Waals surface area contributed by atoms with Crippen LogP contribution in [0.5, 0.6) is 0 Å². The SMILES string of the molecule is CC(C)c1ccc(CC(=O)N(C)c2nc3c(s2)CCCC3)cc1. The number of nitrogens with zero attached hydrogens (tertiary/aromatic N) is 2. The number of carbonyl (C=O) groups excluding carboxylic acids is 1. The van der Waals surface area contributed by atoms with Crippen LogP contribution in [0.15, 0.2) is 24.3 Å². The zero-order valence-electron chi connectivity index (χ0n) is 14.1. The van der Waals surface area contributed by atoms with Crippen molar-refractivity contribution in [3.8, 4) is 0 Å². The Balaban J connectivity index is 1.68. The van der Waals surface area contributed by atoms with Crippen molar-refractivity contribution in [1.82, 2.24) is 4.98 Å². The van der Waals surface area contributed by atoms with Crippen molar-refractivity contribution in [3.63, 3.8) is 0 Å². The Bertz CT molecular complexity index is 664. The number of benzene rings is 1. The summed E-state index contributed by atoms with van der Waals surface area (Å²) < 4.78 is 0. The van der Waals surface area contributed by atoms with E-state index >= 15 is 0 Å². The fourth-order valence-corrected chi connectivity index (χ4v) is 4.03. The molecule has 0 saturated heterocycles. The second-order valence-corrected chi connectivity index (χ2v) is 7.66.